The maximum atomic E-state index is 11.6. The van der Waals surface area contributed by atoms with Crippen LogP contribution in [0.4, 0.5) is 0 Å². The maximum Gasteiger partial charge on any atom is 0.326 e. The standard InChI is InChI=1S/C12H15NO2/c1-15-11(14)12(13)8-7-10(12)9-5-3-2-4-6-9/h2-6,10H,7-8,13H2,1H3/t10-,12+/m1/s1. The fourth-order valence-corrected chi connectivity index (χ4v) is 2.18. The summed E-state index contributed by atoms with van der Waals surface area (Å²) in [6.07, 6.45) is 1.66. The number of benzene rings is 1. The van der Waals surface area contributed by atoms with Gasteiger partial charge in [-0.2, -0.15) is 0 Å². The van der Waals surface area contributed by atoms with E-state index in [1.54, 1.807) is 0 Å². The molecule has 1 aromatic rings. The summed E-state index contributed by atoms with van der Waals surface area (Å²) in [6, 6.07) is 9.90. The van der Waals surface area contributed by atoms with Crippen LogP contribution < -0.4 is 5.73 Å². The van der Waals surface area contributed by atoms with Crippen LogP contribution in [0.25, 0.3) is 0 Å². The smallest absolute Gasteiger partial charge is 0.326 e. The molecule has 0 heterocycles. The molecule has 0 bridgehead atoms. The minimum absolute atomic E-state index is 0.103. The van der Waals surface area contributed by atoms with Gasteiger partial charge in [0.15, 0.2) is 0 Å². The first-order valence-electron chi connectivity index (χ1n) is 5.11. The summed E-state index contributed by atoms with van der Waals surface area (Å²) in [5, 5.41) is 0. The highest BCUT2D eigenvalue weighted by molar-refractivity contribution is 5.83. The lowest BCUT2D eigenvalue weighted by Gasteiger charge is -2.44. The molecule has 3 heteroatoms. The number of nitrogens with two attached hydrogens (primary N) is 1. The summed E-state index contributed by atoms with van der Waals surface area (Å²) in [5.41, 5.74) is 6.37. The van der Waals surface area contributed by atoms with Gasteiger partial charge in [-0.15, -0.1) is 0 Å². The van der Waals surface area contributed by atoms with E-state index in [0.29, 0.717) is 6.42 Å². The van der Waals surface area contributed by atoms with Gasteiger partial charge in [-0.05, 0) is 18.4 Å². The van der Waals surface area contributed by atoms with Gasteiger partial charge in [0.2, 0.25) is 0 Å². The Kier molecular flexibility index (Phi) is 2.49. The van der Waals surface area contributed by atoms with Crippen LogP contribution in [0, 0.1) is 0 Å². The van der Waals surface area contributed by atoms with Crippen molar-refractivity contribution in [2.75, 3.05) is 7.11 Å². The first-order chi connectivity index (χ1) is 7.18. The molecule has 0 spiro atoms. The average Bonchev–Trinajstić information content (AvgIpc) is 2.27. The molecule has 2 rings (SSSR count). The van der Waals surface area contributed by atoms with Gasteiger partial charge in [0.05, 0.1) is 7.11 Å². The zero-order valence-electron chi connectivity index (χ0n) is 8.77. The quantitative estimate of drug-likeness (QED) is 0.743. The minimum atomic E-state index is -0.809. The normalized spacial score (nSPS) is 29.3. The third kappa shape index (κ3) is 1.53. The van der Waals surface area contributed by atoms with Gasteiger partial charge in [-0.1, -0.05) is 30.3 Å². The SMILES string of the molecule is COC(=O)[C@]1(N)CC[C@@H]1c1ccccc1. The second-order valence-electron chi connectivity index (χ2n) is 4.03. The minimum Gasteiger partial charge on any atom is -0.468 e. The van der Waals surface area contributed by atoms with Crippen LogP contribution in [0.2, 0.25) is 0 Å². The van der Waals surface area contributed by atoms with E-state index in [1.807, 2.05) is 30.3 Å². The van der Waals surface area contributed by atoms with Crippen molar-refractivity contribution in [2.24, 2.45) is 5.73 Å². The Hall–Kier alpha value is -1.35. The topological polar surface area (TPSA) is 52.3 Å². The average molecular weight is 205 g/mol. The lowest BCUT2D eigenvalue weighted by atomic mass is 9.64. The van der Waals surface area contributed by atoms with Gasteiger partial charge in [0.1, 0.15) is 5.54 Å². The van der Waals surface area contributed by atoms with Gasteiger partial charge in [-0.3, -0.25) is 4.79 Å². The van der Waals surface area contributed by atoms with Gasteiger partial charge >= 0.3 is 5.97 Å². The lowest BCUT2D eigenvalue weighted by molar-refractivity contribution is -0.151. The van der Waals surface area contributed by atoms with Crippen molar-refractivity contribution in [1.82, 2.24) is 0 Å². The lowest BCUT2D eigenvalue weighted by Crippen LogP contribution is -2.59. The van der Waals surface area contributed by atoms with Gasteiger partial charge < -0.3 is 10.5 Å². The van der Waals surface area contributed by atoms with Crippen molar-refractivity contribution >= 4 is 5.97 Å². The number of rotatable bonds is 2. The molecular formula is C12H15NO2. The molecule has 1 fully saturated rings. The molecule has 0 saturated heterocycles. The molecule has 1 aliphatic rings. The highest BCUT2D eigenvalue weighted by Gasteiger charge is 2.51. The van der Waals surface area contributed by atoms with Crippen LogP contribution in [0.1, 0.15) is 24.3 Å². The first-order valence-corrected chi connectivity index (χ1v) is 5.11. The van der Waals surface area contributed by atoms with Crippen LogP contribution in [0.3, 0.4) is 0 Å². The summed E-state index contributed by atoms with van der Waals surface area (Å²) >= 11 is 0. The molecule has 0 unspecified atom stereocenters. The van der Waals surface area contributed by atoms with Crippen molar-refractivity contribution in [2.45, 2.75) is 24.3 Å². The Balaban J connectivity index is 2.23. The Morgan fingerprint density at radius 2 is 2.13 bits per heavy atom. The van der Waals surface area contributed by atoms with E-state index < -0.39 is 5.54 Å². The zero-order valence-corrected chi connectivity index (χ0v) is 8.77. The largest absolute Gasteiger partial charge is 0.468 e. The Morgan fingerprint density at radius 1 is 1.47 bits per heavy atom. The van der Waals surface area contributed by atoms with E-state index in [0.717, 1.165) is 12.0 Å². The number of esters is 1. The summed E-state index contributed by atoms with van der Waals surface area (Å²) in [7, 11) is 1.39. The molecular weight excluding hydrogens is 190 g/mol. The summed E-state index contributed by atoms with van der Waals surface area (Å²) < 4.78 is 4.74. The monoisotopic (exact) mass is 205 g/mol. The highest BCUT2D eigenvalue weighted by Crippen LogP contribution is 2.44. The summed E-state index contributed by atoms with van der Waals surface area (Å²) in [6.45, 7) is 0. The molecule has 80 valence electrons. The van der Waals surface area contributed by atoms with E-state index in [1.165, 1.54) is 7.11 Å². The molecule has 3 nitrogen and oxygen atoms in total. The summed E-state index contributed by atoms with van der Waals surface area (Å²) in [5.74, 6) is -0.200. The van der Waals surface area contributed by atoms with Crippen molar-refractivity contribution in [3.05, 3.63) is 35.9 Å². The third-order valence-electron chi connectivity index (χ3n) is 3.24. The second-order valence-corrected chi connectivity index (χ2v) is 4.03. The number of hydrogen-bond donors (Lipinski definition) is 1. The van der Waals surface area contributed by atoms with Gasteiger partial charge in [-0.25, -0.2) is 0 Å². The molecule has 0 aromatic heterocycles. The first kappa shape index (κ1) is 10.2. The van der Waals surface area contributed by atoms with Crippen LogP contribution in [0.5, 0.6) is 0 Å². The number of carbonyl (C=O) groups excluding carboxylic acids is 1. The Labute approximate surface area is 89.2 Å². The predicted molar refractivity (Wildman–Crippen MR) is 57.4 cm³/mol. The molecule has 2 N–H and O–H groups in total. The number of ether oxygens (including phenoxy) is 1. The molecule has 15 heavy (non-hydrogen) atoms. The van der Waals surface area contributed by atoms with E-state index in [-0.39, 0.29) is 11.9 Å². The highest BCUT2D eigenvalue weighted by atomic mass is 16.5. The van der Waals surface area contributed by atoms with Crippen molar-refractivity contribution < 1.29 is 9.53 Å². The summed E-state index contributed by atoms with van der Waals surface area (Å²) in [4.78, 5) is 11.6. The molecule has 1 aliphatic carbocycles. The fraction of sp³-hybridized carbons (Fsp3) is 0.417. The predicted octanol–water partition coefficient (Wildman–Crippen LogP) is 1.43. The second kappa shape index (κ2) is 3.66. The van der Waals surface area contributed by atoms with Crippen LogP contribution in [0.15, 0.2) is 30.3 Å². The molecule has 0 amide bonds. The van der Waals surface area contributed by atoms with Crippen molar-refractivity contribution in [3.63, 3.8) is 0 Å². The Morgan fingerprint density at radius 3 is 2.60 bits per heavy atom. The molecule has 1 aromatic carbocycles. The van der Waals surface area contributed by atoms with Crippen LogP contribution >= 0.6 is 0 Å². The van der Waals surface area contributed by atoms with E-state index in [4.69, 9.17) is 10.5 Å². The maximum absolute atomic E-state index is 11.6. The van der Waals surface area contributed by atoms with E-state index >= 15 is 0 Å². The molecule has 0 radical (unpaired) electrons. The Bertz CT molecular complexity index is 363. The molecule has 1 saturated carbocycles. The van der Waals surface area contributed by atoms with Crippen LogP contribution in [-0.4, -0.2) is 18.6 Å². The van der Waals surface area contributed by atoms with E-state index in [2.05, 4.69) is 0 Å². The van der Waals surface area contributed by atoms with E-state index in [9.17, 15) is 4.79 Å². The number of methoxy groups -OCH3 is 1. The third-order valence-corrected chi connectivity index (χ3v) is 3.24. The van der Waals surface area contributed by atoms with Crippen molar-refractivity contribution in [3.8, 4) is 0 Å². The van der Waals surface area contributed by atoms with Crippen LogP contribution in [-0.2, 0) is 9.53 Å². The fourth-order valence-electron chi connectivity index (χ4n) is 2.18. The molecule has 2 atom stereocenters. The van der Waals surface area contributed by atoms with Crippen molar-refractivity contribution in [1.29, 1.82) is 0 Å². The van der Waals surface area contributed by atoms with Gasteiger partial charge in [0, 0.05) is 5.92 Å². The number of hydrogen-bond acceptors (Lipinski definition) is 3. The zero-order chi connectivity index (χ0) is 10.9. The molecule has 0 aliphatic heterocycles. The van der Waals surface area contributed by atoms with Gasteiger partial charge in [0.25, 0.3) is 0 Å². The number of carbonyl (C=O) groups is 1.